The Balaban J connectivity index is 1.47. The smallest absolute Gasteiger partial charge is 0.317 e. The molecule has 1 amide bonds. The fourth-order valence-electron chi connectivity index (χ4n) is 4.49. The van der Waals surface area contributed by atoms with Crippen LogP contribution in [0.25, 0.3) is 16.9 Å². The minimum absolute atomic E-state index is 0.113. The standard InChI is InChI=1S/C29H26F4N6O/c1-16(2)20-8-10-21(11-9-20)23-13-25(29(31,32)33)39-26(34-23)14-24(37-39)28(40)35-27-17(3)36-38(18(27)4)15-19-6-5-7-22(30)12-19/h5-14,16H,15H2,1-4H3,(H,35,40). The average molecular weight is 551 g/mol. The number of amides is 1. The third kappa shape index (κ3) is 5.31. The van der Waals surface area contributed by atoms with Gasteiger partial charge in [-0.25, -0.2) is 13.9 Å². The Morgan fingerprint density at radius 3 is 2.38 bits per heavy atom. The molecule has 2 aromatic carbocycles. The van der Waals surface area contributed by atoms with E-state index in [9.17, 15) is 22.4 Å². The van der Waals surface area contributed by atoms with Crippen molar-refractivity contribution in [3.05, 3.63) is 100 Å². The quantitative estimate of drug-likeness (QED) is 0.236. The van der Waals surface area contributed by atoms with Crippen LogP contribution in [0.2, 0.25) is 0 Å². The van der Waals surface area contributed by atoms with Gasteiger partial charge in [0.1, 0.15) is 5.82 Å². The van der Waals surface area contributed by atoms with Crippen LogP contribution in [0.4, 0.5) is 23.2 Å². The average Bonchev–Trinajstić information content (AvgIpc) is 3.44. The molecule has 40 heavy (non-hydrogen) atoms. The number of benzene rings is 2. The van der Waals surface area contributed by atoms with Gasteiger partial charge in [0.2, 0.25) is 0 Å². The van der Waals surface area contributed by atoms with Crippen LogP contribution in [0.5, 0.6) is 0 Å². The largest absolute Gasteiger partial charge is 0.433 e. The minimum atomic E-state index is -4.74. The highest BCUT2D eigenvalue weighted by Crippen LogP contribution is 2.33. The van der Waals surface area contributed by atoms with Crippen LogP contribution < -0.4 is 5.32 Å². The molecule has 0 aliphatic heterocycles. The van der Waals surface area contributed by atoms with E-state index in [0.717, 1.165) is 11.6 Å². The van der Waals surface area contributed by atoms with Crippen LogP contribution in [0.3, 0.4) is 0 Å². The molecule has 0 radical (unpaired) electrons. The Hall–Kier alpha value is -4.54. The first-order valence-electron chi connectivity index (χ1n) is 12.6. The van der Waals surface area contributed by atoms with Crippen LogP contribution >= 0.6 is 0 Å². The van der Waals surface area contributed by atoms with Gasteiger partial charge in [-0.05, 0) is 49.1 Å². The second-order valence-electron chi connectivity index (χ2n) is 9.89. The van der Waals surface area contributed by atoms with E-state index in [4.69, 9.17) is 0 Å². The molecular weight excluding hydrogens is 524 g/mol. The summed E-state index contributed by atoms with van der Waals surface area (Å²) in [6.07, 6.45) is -4.74. The fourth-order valence-corrected chi connectivity index (χ4v) is 4.49. The molecule has 11 heteroatoms. The molecule has 0 spiro atoms. The van der Waals surface area contributed by atoms with Crippen molar-refractivity contribution >= 4 is 17.2 Å². The van der Waals surface area contributed by atoms with E-state index in [2.05, 4.69) is 20.5 Å². The van der Waals surface area contributed by atoms with Crippen molar-refractivity contribution in [1.29, 1.82) is 0 Å². The maximum atomic E-state index is 14.0. The molecule has 5 rings (SSSR count). The van der Waals surface area contributed by atoms with Gasteiger partial charge >= 0.3 is 6.18 Å². The molecule has 1 N–H and O–H groups in total. The third-order valence-electron chi connectivity index (χ3n) is 6.66. The number of fused-ring (bicyclic) bond motifs is 1. The molecule has 0 aliphatic carbocycles. The molecule has 0 aliphatic rings. The van der Waals surface area contributed by atoms with E-state index in [1.807, 2.05) is 26.0 Å². The SMILES string of the molecule is Cc1nn(Cc2cccc(F)c2)c(C)c1NC(=O)c1cc2nc(-c3ccc(C(C)C)cc3)cc(C(F)(F)F)n2n1. The Bertz CT molecular complexity index is 1720. The molecule has 0 saturated carbocycles. The lowest BCUT2D eigenvalue weighted by Crippen LogP contribution is -2.16. The number of hydrogen-bond donors (Lipinski definition) is 1. The monoisotopic (exact) mass is 550 g/mol. The Morgan fingerprint density at radius 1 is 1.00 bits per heavy atom. The number of halogens is 4. The van der Waals surface area contributed by atoms with Crippen LogP contribution in [0.15, 0.2) is 60.7 Å². The van der Waals surface area contributed by atoms with Crippen molar-refractivity contribution in [3.63, 3.8) is 0 Å². The number of hydrogen-bond acceptors (Lipinski definition) is 4. The lowest BCUT2D eigenvalue weighted by molar-refractivity contribution is -0.142. The van der Waals surface area contributed by atoms with Crippen molar-refractivity contribution in [2.24, 2.45) is 0 Å². The zero-order valence-corrected chi connectivity index (χ0v) is 22.2. The third-order valence-corrected chi connectivity index (χ3v) is 6.66. The minimum Gasteiger partial charge on any atom is -0.317 e. The van der Waals surface area contributed by atoms with Crippen molar-refractivity contribution in [2.75, 3.05) is 5.32 Å². The summed E-state index contributed by atoms with van der Waals surface area (Å²) in [5.74, 6) is -0.813. The van der Waals surface area contributed by atoms with E-state index < -0.39 is 17.8 Å². The zero-order chi connectivity index (χ0) is 28.8. The van der Waals surface area contributed by atoms with Gasteiger partial charge in [-0.2, -0.15) is 23.4 Å². The topological polar surface area (TPSA) is 77.1 Å². The highest BCUT2D eigenvalue weighted by Gasteiger charge is 2.36. The number of nitrogens with one attached hydrogen (secondary N) is 1. The van der Waals surface area contributed by atoms with Gasteiger partial charge in [-0.15, -0.1) is 0 Å². The summed E-state index contributed by atoms with van der Waals surface area (Å²) >= 11 is 0. The van der Waals surface area contributed by atoms with Gasteiger partial charge in [0, 0.05) is 11.6 Å². The summed E-state index contributed by atoms with van der Waals surface area (Å²) in [5, 5.41) is 11.1. The molecule has 3 aromatic heterocycles. The van der Waals surface area contributed by atoms with Gasteiger partial charge < -0.3 is 5.32 Å². The summed E-state index contributed by atoms with van der Waals surface area (Å²) in [5.41, 5.74) is 2.46. The van der Waals surface area contributed by atoms with Crippen molar-refractivity contribution < 1.29 is 22.4 Å². The van der Waals surface area contributed by atoms with E-state index in [0.29, 0.717) is 32.7 Å². The maximum absolute atomic E-state index is 14.0. The van der Waals surface area contributed by atoms with Crippen LogP contribution in [0.1, 0.15) is 58.5 Å². The highest BCUT2D eigenvalue weighted by molar-refractivity contribution is 6.04. The van der Waals surface area contributed by atoms with E-state index in [1.165, 1.54) is 18.2 Å². The first kappa shape index (κ1) is 27.0. The predicted molar refractivity (Wildman–Crippen MR) is 143 cm³/mol. The van der Waals surface area contributed by atoms with E-state index in [-0.39, 0.29) is 35.3 Å². The number of aromatic nitrogens is 5. The first-order chi connectivity index (χ1) is 18.9. The number of alkyl halides is 3. The van der Waals surface area contributed by atoms with Crippen molar-refractivity contribution in [2.45, 2.75) is 46.3 Å². The number of anilines is 1. The summed E-state index contributed by atoms with van der Waals surface area (Å²) in [6, 6.07) is 15.4. The first-order valence-corrected chi connectivity index (χ1v) is 12.6. The number of nitrogens with zero attached hydrogens (tertiary/aromatic N) is 5. The molecule has 0 bridgehead atoms. The van der Waals surface area contributed by atoms with Gasteiger partial charge in [0.05, 0.1) is 29.3 Å². The molecule has 3 heterocycles. The number of carbonyl (C=O) groups excluding carboxylic acids is 1. The van der Waals surface area contributed by atoms with Crippen molar-refractivity contribution in [3.8, 4) is 11.3 Å². The van der Waals surface area contributed by atoms with Gasteiger partial charge in [0.15, 0.2) is 17.0 Å². The zero-order valence-electron chi connectivity index (χ0n) is 22.2. The molecule has 0 saturated heterocycles. The second kappa shape index (κ2) is 10.2. The van der Waals surface area contributed by atoms with E-state index in [1.54, 1.807) is 42.8 Å². The molecular formula is C29H26F4N6O. The summed E-state index contributed by atoms with van der Waals surface area (Å²) < 4.78 is 57.9. The maximum Gasteiger partial charge on any atom is 0.433 e. The van der Waals surface area contributed by atoms with Crippen LogP contribution in [-0.2, 0) is 12.7 Å². The molecule has 0 fully saturated rings. The summed E-state index contributed by atoms with van der Waals surface area (Å²) in [4.78, 5) is 17.5. The normalized spacial score (nSPS) is 11.9. The lowest BCUT2D eigenvalue weighted by Gasteiger charge is -2.12. The highest BCUT2D eigenvalue weighted by atomic mass is 19.4. The van der Waals surface area contributed by atoms with Crippen LogP contribution in [0, 0.1) is 19.7 Å². The predicted octanol–water partition coefficient (Wildman–Crippen LogP) is 6.79. The molecule has 5 aromatic rings. The fraction of sp³-hybridized carbons (Fsp3) is 0.241. The number of rotatable bonds is 6. The number of aryl methyl sites for hydroxylation is 1. The molecule has 0 atom stereocenters. The Labute approximate surface area is 227 Å². The molecule has 7 nitrogen and oxygen atoms in total. The molecule has 206 valence electrons. The Morgan fingerprint density at radius 2 is 1.73 bits per heavy atom. The van der Waals surface area contributed by atoms with Gasteiger partial charge in [0.25, 0.3) is 5.91 Å². The van der Waals surface area contributed by atoms with Gasteiger partial charge in [-0.1, -0.05) is 50.2 Å². The summed E-state index contributed by atoms with van der Waals surface area (Å²) in [6.45, 7) is 7.75. The van der Waals surface area contributed by atoms with Crippen molar-refractivity contribution in [1.82, 2.24) is 24.4 Å². The summed E-state index contributed by atoms with van der Waals surface area (Å²) in [7, 11) is 0. The lowest BCUT2D eigenvalue weighted by atomic mass is 10.0. The van der Waals surface area contributed by atoms with E-state index >= 15 is 0 Å². The second-order valence-corrected chi connectivity index (χ2v) is 9.89. The van der Waals surface area contributed by atoms with Gasteiger partial charge in [-0.3, -0.25) is 9.48 Å². The molecule has 0 unspecified atom stereocenters. The van der Waals surface area contributed by atoms with Crippen LogP contribution in [-0.4, -0.2) is 30.3 Å². The number of carbonyl (C=O) groups is 1. The Kier molecular flexibility index (Phi) is 6.91.